The lowest BCUT2D eigenvalue weighted by Crippen LogP contribution is -1.97. The molecule has 2 nitrogen and oxygen atoms in total. The van der Waals surface area contributed by atoms with Crippen LogP contribution in [0.15, 0.2) is 15.9 Å². The van der Waals surface area contributed by atoms with E-state index in [4.69, 9.17) is 11.6 Å². The smallest absolute Gasteiger partial charge is 0.304 e. The van der Waals surface area contributed by atoms with Crippen molar-refractivity contribution in [2.24, 2.45) is 0 Å². The maximum atomic E-state index is 10.3. The number of rotatable bonds is 1. The van der Waals surface area contributed by atoms with Crippen LogP contribution in [0.4, 0.5) is 9.80 Å². The van der Waals surface area contributed by atoms with E-state index < -0.39 is 5.37 Å². The van der Waals surface area contributed by atoms with Gasteiger partial charge < -0.3 is 5.32 Å². The van der Waals surface area contributed by atoms with E-state index in [9.17, 15) is 4.79 Å². The van der Waals surface area contributed by atoms with Crippen molar-refractivity contribution in [3.8, 4) is 0 Å². The molecular formula is C5H3BrClNOS. The highest BCUT2D eigenvalue weighted by Gasteiger charge is 1.98. The molecule has 0 radical (unpaired) electrons. The van der Waals surface area contributed by atoms with Crippen molar-refractivity contribution in [3.05, 3.63) is 15.9 Å². The molecule has 0 aliphatic carbocycles. The van der Waals surface area contributed by atoms with E-state index in [-0.39, 0.29) is 0 Å². The van der Waals surface area contributed by atoms with Gasteiger partial charge in [0.1, 0.15) is 0 Å². The number of thiophene rings is 1. The van der Waals surface area contributed by atoms with Gasteiger partial charge in [0.2, 0.25) is 0 Å². The molecule has 10 heavy (non-hydrogen) atoms. The molecule has 0 unspecified atom stereocenters. The fourth-order valence-electron chi connectivity index (χ4n) is 0.475. The lowest BCUT2D eigenvalue weighted by atomic mass is 10.6. The summed E-state index contributed by atoms with van der Waals surface area (Å²) in [7, 11) is 0. The predicted molar refractivity (Wildman–Crippen MR) is 46.9 cm³/mol. The molecule has 0 saturated heterocycles. The third kappa shape index (κ3) is 2.28. The van der Waals surface area contributed by atoms with E-state index >= 15 is 0 Å². The first-order chi connectivity index (χ1) is 4.68. The zero-order chi connectivity index (χ0) is 7.56. The Morgan fingerprint density at radius 1 is 1.80 bits per heavy atom. The molecule has 1 amide bonds. The normalized spacial score (nSPS) is 9.40. The SMILES string of the molecule is O=C(Cl)Nc1cc(Br)cs1. The van der Waals surface area contributed by atoms with Gasteiger partial charge in [0.05, 0.1) is 5.00 Å². The third-order valence-electron chi connectivity index (χ3n) is 0.789. The van der Waals surface area contributed by atoms with E-state index in [2.05, 4.69) is 21.2 Å². The van der Waals surface area contributed by atoms with Gasteiger partial charge >= 0.3 is 5.37 Å². The highest BCUT2D eigenvalue weighted by molar-refractivity contribution is 9.10. The minimum Gasteiger partial charge on any atom is -0.304 e. The molecule has 1 aromatic rings. The zero-order valence-corrected chi connectivity index (χ0v) is 7.89. The summed E-state index contributed by atoms with van der Waals surface area (Å²) in [5.74, 6) is 0. The average molecular weight is 241 g/mol. The molecule has 1 rings (SSSR count). The van der Waals surface area contributed by atoms with E-state index in [0.29, 0.717) is 0 Å². The molecule has 1 aromatic heterocycles. The third-order valence-corrected chi connectivity index (χ3v) is 2.49. The Kier molecular flexibility index (Phi) is 2.71. The summed E-state index contributed by atoms with van der Waals surface area (Å²) in [5, 5.41) is 4.49. The second-order valence-corrected chi connectivity index (χ2v) is 3.70. The molecule has 0 aliphatic heterocycles. The Morgan fingerprint density at radius 2 is 2.50 bits per heavy atom. The summed E-state index contributed by atoms with van der Waals surface area (Å²) < 4.78 is 0.943. The number of carbonyl (C=O) groups excluding carboxylic acids is 1. The lowest BCUT2D eigenvalue weighted by molar-refractivity contribution is 0.269. The number of amides is 1. The van der Waals surface area contributed by atoms with Gasteiger partial charge in [-0.25, -0.2) is 0 Å². The van der Waals surface area contributed by atoms with Crippen LogP contribution >= 0.6 is 38.9 Å². The quantitative estimate of drug-likeness (QED) is 0.592. The largest absolute Gasteiger partial charge is 0.318 e. The van der Waals surface area contributed by atoms with Gasteiger partial charge in [0.25, 0.3) is 0 Å². The van der Waals surface area contributed by atoms with E-state index in [1.165, 1.54) is 11.3 Å². The Labute approximate surface area is 75.3 Å². The second kappa shape index (κ2) is 3.37. The zero-order valence-electron chi connectivity index (χ0n) is 4.73. The Hall–Kier alpha value is -0.0600. The summed E-state index contributed by atoms with van der Waals surface area (Å²) in [4.78, 5) is 10.3. The molecule has 0 aliphatic rings. The minimum atomic E-state index is -0.561. The Bertz CT molecular complexity index is 250. The van der Waals surface area contributed by atoms with Gasteiger partial charge in [-0.3, -0.25) is 4.79 Å². The maximum Gasteiger partial charge on any atom is 0.318 e. The fraction of sp³-hybridized carbons (Fsp3) is 0. The number of halogens is 2. The van der Waals surface area contributed by atoms with Crippen LogP contribution in [0.2, 0.25) is 0 Å². The van der Waals surface area contributed by atoms with E-state index in [1.54, 1.807) is 6.07 Å². The molecule has 54 valence electrons. The van der Waals surface area contributed by atoms with Gasteiger partial charge in [-0.2, -0.15) is 0 Å². The standard InChI is InChI=1S/C5H3BrClNOS/c6-3-1-4(10-2-3)8-5(7)9/h1-2H,(H,8,9). The van der Waals surface area contributed by atoms with Crippen molar-refractivity contribution in [2.75, 3.05) is 5.32 Å². The Balaban J connectivity index is 2.67. The summed E-state index contributed by atoms with van der Waals surface area (Å²) in [6.45, 7) is 0. The van der Waals surface area contributed by atoms with Crippen molar-refractivity contribution in [1.82, 2.24) is 0 Å². The second-order valence-electron chi connectivity index (χ2n) is 1.53. The fourth-order valence-corrected chi connectivity index (χ4v) is 1.95. The van der Waals surface area contributed by atoms with Crippen LogP contribution in [0.25, 0.3) is 0 Å². The number of anilines is 1. The summed E-state index contributed by atoms with van der Waals surface area (Å²) in [5.41, 5.74) is 0. The van der Waals surface area contributed by atoms with Gasteiger partial charge in [0.15, 0.2) is 0 Å². The van der Waals surface area contributed by atoms with Crippen LogP contribution in [-0.2, 0) is 0 Å². The molecule has 0 aromatic carbocycles. The summed E-state index contributed by atoms with van der Waals surface area (Å²) in [6, 6.07) is 1.78. The molecule has 0 fully saturated rings. The van der Waals surface area contributed by atoms with Crippen LogP contribution in [0.3, 0.4) is 0 Å². The first-order valence-corrected chi connectivity index (χ1v) is 4.44. The monoisotopic (exact) mass is 239 g/mol. The molecule has 0 spiro atoms. The van der Waals surface area contributed by atoms with Gasteiger partial charge in [-0.15, -0.1) is 11.3 Å². The lowest BCUT2D eigenvalue weighted by Gasteiger charge is -1.90. The van der Waals surface area contributed by atoms with Gasteiger partial charge in [-0.05, 0) is 33.6 Å². The van der Waals surface area contributed by atoms with E-state index in [1.807, 2.05) is 5.38 Å². The topological polar surface area (TPSA) is 29.1 Å². The van der Waals surface area contributed by atoms with Crippen molar-refractivity contribution in [2.45, 2.75) is 0 Å². The van der Waals surface area contributed by atoms with Crippen molar-refractivity contribution < 1.29 is 4.79 Å². The molecule has 0 atom stereocenters. The maximum absolute atomic E-state index is 10.3. The van der Waals surface area contributed by atoms with Crippen molar-refractivity contribution in [1.29, 1.82) is 0 Å². The average Bonchev–Trinajstić information content (AvgIpc) is 2.13. The van der Waals surface area contributed by atoms with Crippen LogP contribution in [0.5, 0.6) is 0 Å². The molecule has 5 heteroatoms. The van der Waals surface area contributed by atoms with Gasteiger partial charge in [-0.1, -0.05) is 0 Å². The van der Waals surface area contributed by atoms with Crippen LogP contribution in [-0.4, -0.2) is 5.37 Å². The number of hydrogen-bond acceptors (Lipinski definition) is 2. The summed E-state index contributed by atoms with van der Waals surface area (Å²) in [6.07, 6.45) is 0. The van der Waals surface area contributed by atoms with E-state index in [0.717, 1.165) is 9.47 Å². The predicted octanol–water partition coefficient (Wildman–Crippen LogP) is 3.28. The molecule has 0 bridgehead atoms. The molecular weight excluding hydrogens is 237 g/mol. The molecule has 1 heterocycles. The van der Waals surface area contributed by atoms with Crippen LogP contribution in [0, 0.1) is 0 Å². The molecule has 0 saturated carbocycles. The molecule has 1 N–H and O–H groups in total. The first-order valence-electron chi connectivity index (χ1n) is 2.39. The highest BCUT2D eigenvalue weighted by atomic mass is 79.9. The van der Waals surface area contributed by atoms with Crippen molar-refractivity contribution in [3.63, 3.8) is 0 Å². The minimum absolute atomic E-state index is 0.561. The summed E-state index contributed by atoms with van der Waals surface area (Å²) >= 11 is 9.72. The van der Waals surface area contributed by atoms with Crippen LogP contribution in [0.1, 0.15) is 0 Å². The highest BCUT2D eigenvalue weighted by Crippen LogP contribution is 2.24. The van der Waals surface area contributed by atoms with Crippen molar-refractivity contribution >= 4 is 49.2 Å². The van der Waals surface area contributed by atoms with Gasteiger partial charge in [0, 0.05) is 9.85 Å². The number of carbonyl (C=O) groups is 1. The number of hydrogen-bond donors (Lipinski definition) is 1. The Morgan fingerprint density at radius 3 is 2.90 bits per heavy atom. The number of nitrogens with one attached hydrogen (secondary N) is 1. The van der Waals surface area contributed by atoms with Crippen LogP contribution < -0.4 is 5.32 Å². The first kappa shape index (κ1) is 8.04.